The van der Waals surface area contributed by atoms with E-state index >= 15 is 0 Å². The number of carboxylic acid groups (broad SMARTS) is 2. The Morgan fingerprint density at radius 3 is 1.00 bits per heavy atom. The average Bonchev–Trinajstić information content (AvgIpc) is 2.12. The molecule has 6 N–H and O–H groups in total. The number of rotatable bonds is 5. The smallest absolute Gasteiger partial charge is 0.335 e. The van der Waals surface area contributed by atoms with E-state index in [1.165, 1.54) is 0 Å². The second kappa shape index (κ2) is 8.91. The maximum Gasteiger partial charge on any atom is 0.335 e. The largest absolute Gasteiger partial charge is 0.479 e. The van der Waals surface area contributed by atoms with E-state index in [0.29, 0.717) is 0 Å². The van der Waals surface area contributed by atoms with Gasteiger partial charge in [-0.15, -0.1) is 0 Å². The molecule has 0 aliphatic heterocycles. The van der Waals surface area contributed by atoms with Crippen molar-refractivity contribution in [2.45, 2.75) is 24.4 Å². The van der Waals surface area contributed by atoms with E-state index in [-0.39, 0.29) is 34.1 Å². The van der Waals surface area contributed by atoms with Crippen LogP contribution in [0.4, 0.5) is 0 Å². The van der Waals surface area contributed by atoms with Crippen molar-refractivity contribution in [2.24, 2.45) is 0 Å². The summed E-state index contributed by atoms with van der Waals surface area (Å²) in [7, 11) is 0. The number of aliphatic hydroxyl groups is 4. The van der Waals surface area contributed by atoms with Gasteiger partial charge in [-0.1, -0.05) is 0 Å². The molecule has 4 atom stereocenters. The average molecular weight is 337 g/mol. The molecule has 0 aromatic rings. The molecule has 8 nitrogen and oxygen atoms in total. The fraction of sp³-hybridized carbons (Fsp3) is 0.667. The van der Waals surface area contributed by atoms with Crippen molar-refractivity contribution in [1.29, 1.82) is 0 Å². The van der Waals surface area contributed by atoms with Gasteiger partial charge in [0.1, 0.15) is 12.2 Å². The molecule has 0 bridgehead atoms. The van der Waals surface area contributed by atoms with Gasteiger partial charge < -0.3 is 30.6 Å². The van der Waals surface area contributed by atoms with Crippen LogP contribution in [0.5, 0.6) is 0 Å². The summed E-state index contributed by atoms with van der Waals surface area (Å²) in [6.07, 6.45) is -9.28. The van der Waals surface area contributed by atoms with Gasteiger partial charge in [0.25, 0.3) is 0 Å². The first-order valence-electron chi connectivity index (χ1n) is 3.47. The Kier molecular flexibility index (Phi) is 11.8. The minimum atomic E-state index is -2.36. The Morgan fingerprint density at radius 2 is 0.875 bits per heavy atom. The molecule has 0 aromatic heterocycles. The van der Waals surface area contributed by atoms with Crippen LogP contribution in [-0.4, -0.2) is 67.0 Å². The number of carbonyl (C=O) groups is 2. The van der Waals surface area contributed by atoms with Crippen molar-refractivity contribution < 1.29 is 74.4 Å². The van der Waals surface area contributed by atoms with E-state index in [1.807, 2.05) is 0 Å². The van der Waals surface area contributed by atoms with Crippen molar-refractivity contribution in [3.63, 3.8) is 0 Å². The van der Waals surface area contributed by atoms with Gasteiger partial charge in [0.15, 0.2) is 12.2 Å². The maximum atomic E-state index is 10.1. The van der Waals surface area contributed by atoms with Crippen LogP contribution < -0.4 is 0 Å². The molecule has 0 aliphatic carbocycles. The molecule has 0 aromatic carbocycles. The minimum Gasteiger partial charge on any atom is -0.479 e. The van der Waals surface area contributed by atoms with E-state index in [1.54, 1.807) is 0 Å². The predicted molar refractivity (Wildman–Crippen MR) is 39.3 cm³/mol. The third-order valence-electron chi connectivity index (χ3n) is 1.50. The topological polar surface area (TPSA) is 156 Å². The molecule has 104 valence electrons. The maximum absolute atomic E-state index is 10.1. The van der Waals surface area contributed by atoms with Gasteiger partial charge in [0.2, 0.25) is 0 Å². The Hall–Kier alpha value is -0.181. The summed E-state index contributed by atoms with van der Waals surface area (Å²) in [5, 5.41) is 51.5. The summed E-state index contributed by atoms with van der Waals surface area (Å²) in [5.41, 5.74) is 0. The van der Waals surface area contributed by atoms with Crippen LogP contribution >= 0.6 is 0 Å². The Balaban J connectivity index is -0.000000845. The summed E-state index contributed by atoms with van der Waals surface area (Å²) >= 11 is 0. The quantitative estimate of drug-likeness (QED) is 0.284. The molecule has 4 unspecified atom stereocenters. The summed E-state index contributed by atoms with van der Waals surface area (Å²) < 4.78 is 0. The fourth-order valence-electron chi connectivity index (χ4n) is 0.666. The zero-order valence-electron chi connectivity index (χ0n) is 7.41. The molecule has 0 amide bonds. The monoisotopic (exact) mass is 336 g/mol. The molecule has 0 rings (SSSR count). The molecule has 0 fully saturated rings. The van der Waals surface area contributed by atoms with Crippen LogP contribution in [0, 0.1) is 0 Å². The second-order valence-corrected chi connectivity index (χ2v) is 2.55. The third-order valence-corrected chi connectivity index (χ3v) is 1.50. The number of hydrogen-bond acceptors (Lipinski definition) is 6. The van der Waals surface area contributed by atoms with Gasteiger partial charge in [-0.2, -0.15) is 0 Å². The first-order valence-corrected chi connectivity index (χ1v) is 3.47. The van der Waals surface area contributed by atoms with Gasteiger partial charge >= 0.3 is 11.9 Å². The fourth-order valence-corrected chi connectivity index (χ4v) is 0.666. The van der Waals surface area contributed by atoms with Gasteiger partial charge in [-0.05, 0) is 0 Å². The van der Waals surface area contributed by atoms with Crippen molar-refractivity contribution >= 4 is 11.9 Å². The molecule has 16 heavy (non-hydrogen) atoms. The third kappa shape index (κ3) is 5.78. The first kappa shape index (κ1) is 21.1. The van der Waals surface area contributed by atoms with E-state index in [4.69, 9.17) is 30.6 Å². The van der Waals surface area contributed by atoms with Crippen molar-refractivity contribution in [1.82, 2.24) is 0 Å². The normalized spacial score (nSPS) is 17.0. The molecular formula is C6H10Cu2O8. The summed E-state index contributed by atoms with van der Waals surface area (Å²) in [6.45, 7) is 0. The Bertz CT molecular complexity index is 211. The Labute approximate surface area is 111 Å². The van der Waals surface area contributed by atoms with E-state index < -0.39 is 36.4 Å². The molecule has 10 heteroatoms. The van der Waals surface area contributed by atoms with Crippen LogP contribution in [0.25, 0.3) is 0 Å². The van der Waals surface area contributed by atoms with E-state index in [2.05, 4.69) is 0 Å². The van der Waals surface area contributed by atoms with Gasteiger partial charge in [0.05, 0.1) is 0 Å². The van der Waals surface area contributed by atoms with Gasteiger partial charge in [0, 0.05) is 34.1 Å². The first-order chi connectivity index (χ1) is 6.29. The summed E-state index contributed by atoms with van der Waals surface area (Å²) in [4.78, 5) is 20.2. The van der Waals surface area contributed by atoms with Crippen molar-refractivity contribution in [2.75, 3.05) is 0 Å². The zero-order valence-corrected chi connectivity index (χ0v) is 9.30. The molecule has 0 spiro atoms. The SMILES string of the molecule is O=C(O)C(O)C(O)C(O)C(O)C(=O)O.[Cu].[Cu]. The second-order valence-electron chi connectivity index (χ2n) is 2.55. The van der Waals surface area contributed by atoms with Crippen LogP contribution in [0.3, 0.4) is 0 Å². The molecular weight excluding hydrogens is 327 g/mol. The molecule has 2 radical (unpaired) electrons. The predicted octanol–water partition coefficient (Wildman–Crippen LogP) is -3.41. The molecule has 0 saturated heterocycles. The van der Waals surface area contributed by atoms with Crippen molar-refractivity contribution in [3.05, 3.63) is 0 Å². The van der Waals surface area contributed by atoms with E-state index in [9.17, 15) is 9.59 Å². The van der Waals surface area contributed by atoms with Gasteiger partial charge in [-0.25, -0.2) is 9.59 Å². The summed E-state index contributed by atoms with van der Waals surface area (Å²) in [5.74, 6) is -3.68. The molecule has 0 heterocycles. The standard InChI is InChI=1S/C6H10O8.2Cu/c7-1(3(9)5(11)12)2(8)4(10)6(13)14;;/h1-4,7-10H,(H,11,12)(H,13,14);;. The minimum absolute atomic E-state index is 0. The molecule has 0 aliphatic rings. The number of hydrogen-bond donors (Lipinski definition) is 6. The zero-order chi connectivity index (χ0) is 11.5. The van der Waals surface area contributed by atoms with E-state index in [0.717, 1.165) is 0 Å². The summed E-state index contributed by atoms with van der Waals surface area (Å²) in [6, 6.07) is 0. The van der Waals surface area contributed by atoms with Gasteiger partial charge in [-0.3, -0.25) is 0 Å². The Morgan fingerprint density at radius 1 is 0.688 bits per heavy atom. The number of aliphatic carboxylic acids is 2. The number of carboxylic acids is 2. The van der Waals surface area contributed by atoms with Crippen LogP contribution in [0.15, 0.2) is 0 Å². The van der Waals surface area contributed by atoms with Crippen LogP contribution in [0.1, 0.15) is 0 Å². The van der Waals surface area contributed by atoms with Crippen molar-refractivity contribution in [3.8, 4) is 0 Å². The van der Waals surface area contributed by atoms with Crippen LogP contribution in [-0.2, 0) is 43.7 Å². The van der Waals surface area contributed by atoms with Crippen LogP contribution in [0.2, 0.25) is 0 Å². The molecule has 0 saturated carbocycles. The number of aliphatic hydroxyl groups excluding tert-OH is 4.